The number of rotatable bonds is 4. The summed E-state index contributed by atoms with van der Waals surface area (Å²) >= 11 is 1.85. The fourth-order valence-corrected chi connectivity index (χ4v) is 1.55. The first kappa shape index (κ1) is 13.5. The van der Waals surface area contributed by atoms with Crippen molar-refractivity contribution < 1.29 is 14.6 Å². The summed E-state index contributed by atoms with van der Waals surface area (Å²) in [4.78, 5) is 0. The minimum Gasteiger partial charge on any atom is -0.397 e. The van der Waals surface area contributed by atoms with Crippen molar-refractivity contribution in [1.29, 1.82) is 0 Å². The number of halogens is 2. The zero-order chi connectivity index (χ0) is 12.3. The zero-order valence-corrected chi connectivity index (χ0v) is 11.0. The topological polar surface area (TPSA) is 78.5 Å². The van der Waals surface area contributed by atoms with Crippen molar-refractivity contribution in [3.8, 4) is 0 Å². The van der Waals surface area contributed by atoms with Gasteiger partial charge in [0.2, 0.25) is 0 Å². The highest BCUT2D eigenvalue weighted by Crippen LogP contribution is 2.24. The van der Waals surface area contributed by atoms with Crippen LogP contribution in [-0.4, -0.2) is 29.0 Å². The van der Waals surface area contributed by atoms with Gasteiger partial charge in [-0.1, -0.05) is 0 Å². The fourth-order valence-electron chi connectivity index (χ4n) is 1.06. The number of benzene rings is 1. The standard InChI is InChI=1S/C10H14FIN2O2/c1-10(16,5-15)4-14-9-2-6(11)7(12)3-8(9)13/h2-3,14-16H,4-5,13H2,1H3. The Morgan fingerprint density at radius 3 is 2.75 bits per heavy atom. The van der Waals surface area contributed by atoms with Crippen molar-refractivity contribution in [1.82, 2.24) is 0 Å². The van der Waals surface area contributed by atoms with Crippen LogP contribution in [0.3, 0.4) is 0 Å². The van der Waals surface area contributed by atoms with Gasteiger partial charge in [0, 0.05) is 12.6 Å². The molecule has 1 aromatic rings. The Balaban J connectivity index is 2.79. The average Bonchev–Trinajstić information content (AvgIpc) is 2.22. The Morgan fingerprint density at radius 2 is 2.19 bits per heavy atom. The predicted octanol–water partition coefficient (Wildman–Crippen LogP) is 1.17. The molecule has 5 N–H and O–H groups in total. The molecule has 6 heteroatoms. The van der Waals surface area contributed by atoms with Crippen molar-refractivity contribution in [2.24, 2.45) is 0 Å². The molecule has 4 nitrogen and oxygen atoms in total. The summed E-state index contributed by atoms with van der Waals surface area (Å²) in [6.07, 6.45) is 0. The van der Waals surface area contributed by atoms with E-state index in [1.807, 2.05) is 22.6 Å². The third-order valence-corrected chi connectivity index (χ3v) is 2.92. The molecule has 0 fully saturated rings. The molecule has 0 radical (unpaired) electrons. The molecule has 0 heterocycles. The number of aliphatic hydroxyl groups excluding tert-OH is 1. The van der Waals surface area contributed by atoms with Crippen LogP contribution in [0.15, 0.2) is 12.1 Å². The minimum atomic E-state index is -1.26. The van der Waals surface area contributed by atoms with Crippen LogP contribution in [-0.2, 0) is 0 Å². The van der Waals surface area contributed by atoms with Gasteiger partial charge in [-0.05, 0) is 35.6 Å². The van der Waals surface area contributed by atoms with Crippen molar-refractivity contribution >= 4 is 34.0 Å². The van der Waals surface area contributed by atoms with E-state index >= 15 is 0 Å². The number of nitrogens with one attached hydrogen (secondary N) is 1. The summed E-state index contributed by atoms with van der Waals surface area (Å²) in [6.45, 7) is 1.18. The maximum atomic E-state index is 13.2. The van der Waals surface area contributed by atoms with Crippen LogP contribution in [0.4, 0.5) is 15.8 Å². The summed E-state index contributed by atoms with van der Waals surface area (Å²) in [6, 6.07) is 2.77. The molecule has 0 saturated carbocycles. The molecular weight excluding hydrogens is 326 g/mol. The van der Waals surface area contributed by atoms with Crippen LogP contribution in [0.25, 0.3) is 0 Å². The maximum Gasteiger partial charge on any atom is 0.138 e. The second-order valence-electron chi connectivity index (χ2n) is 3.86. The molecule has 1 atom stereocenters. The molecule has 1 rings (SSSR count). The number of anilines is 2. The summed E-state index contributed by atoms with van der Waals surface area (Å²) in [5.41, 5.74) is 5.24. The van der Waals surface area contributed by atoms with Gasteiger partial charge in [-0.25, -0.2) is 4.39 Å². The first-order valence-electron chi connectivity index (χ1n) is 4.67. The van der Waals surface area contributed by atoms with E-state index in [9.17, 15) is 9.50 Å². The Bertz CT molecular complexity index is 385. The molecule has 1 unspecified atom stereocenters. The van der Waals surface area contributed by atoms with Gasteiger partial charge >= 0.3 is 0 Å². The maximum absolute atomic E-state index is 13.2. The lowest BCUT2D eigenvalue weighted by atomic mass is 10.1. The zero-order valence-electron chi connectivity index (χ0n) is 8.80. The van der Waals surface area contributed by atoms with Crippen LogP contribution in [0.2, 0.25) is 0 Å². The third-order valence-electron chi connectivity index (χ3n) is 2.09. The number of hydrogen-bond donors (Lipinski definition) is 4. The quantitative estimate of drug-likeness (QED) is 0.490. The van der Waals surface area contributed by atoms with E-state index in [4.69, 9.17) is 10.8 Å². The van der Waals surface area contributed by atoms with E-state index in [1.165, 1.54) is 19.1 Å². The van der Waals surface area contributed by atoms with Crippen molar-refractivity contribution in [2.45, 2.75) is 12.5 Å². The monoisotopic (exact) mass is 340 g/mol. The first-order chi connectivity index (χ1) is 7.35. The Kier molecular flexibility index (Phi) is 4.34. The van der Waals surface area contributed by atoms with Gasteiger partial charge in [-0.2, -0.15) is 0 Å². The van der Waals surface area contributed by atoms with E-state index in [2.05, 4.69) is 5.32 Å². The number of hydrogen-bond acceptors (Lipinski definition) is 4. The van der Waals surface area contributed by atoms with Gasteiger partial charge in [-0.3, -0.25) is 0 Å². The van der Waals surface area contributed by atoms with Crippen molar-refractivity contribution in [3.05, 3.63) is 21.5 Å². The van der Waals surface area contributed by atoms with Crippen molar-refractivity contribution in [2.75, 3.05) is 24.2 Å². The Labute approximate surface area is 107 Å². The smallest absolute Gasteiger partial charge is 0.138 e. The lowest BCUT2D eigenvalue weighted by Crippen LogP contribution is -2.37. The molecule has 16 heavy (non-hydrogen) atoms. The molecule has 1 aromatic carbocycles. The SMILES string of the molecule is CC(O)(CO)CNc1cc(F)c(I)cc1N. The summed E-state index contributed by atoms with van der Waals surface area (Å²) in [7, 11) is 0. The summed E-state index contributed by atoms with van der Waals surface area (Å²) in [5, 5.41) is 21.2. The molecule has 90 valence electrons. The number of aliphatic hydroxyl groups is 2. The van der Waals surface area contributed by atoms with E-state index < -0.39 is 5.60 Å². The highest BCUT2D eigenvalue weighted by atomic mass is 127. The lowest BCUT2D eigenvalue weighted by molar-refractivity contribution is 0.0132. The lowest BCUT2D eigenvalue weighted by Gasteiger charge is -2.22. The number of nitrogens with two attached hydrogens (primary N) is 1. The van der Waals surface area contributed by atoms with Crippen LogP contribution in [0, 0.1) is 9.39 Å². The van der Waals surface area contributed by atoms with Crippen LogP contribution in [0.1, 0.15) is 6.92 Å². The predicted molar refractivity (Wildman–Crippen MR) is 69.7 cm³/mol. The number of nitrogen functional groups attached to an aromatic ring is 1. The normalized spacial score (nSPS) is 14.6. The van der Waals surface area contributed by atoms with Gasteiger partial charge in [0.25, 0.3) is 0 Å². The van der Waals surface area contributed by atoms with Gasteiger partial charge in [-0.15, -0.1) is 0 Å². The summed E-state index contributed by atoms with van der Waals surface area (Å²) in [5.74, 6) is -0.374. The minimum absolute atomic E-state index is 0.0910. The first-order valence-corrected chi connectivity index (χ1v) is 5.75. The van der Waals surface area contributed by atoms with Crippen LogP contribution >= 0.6 is 22.6 Å². The van der Waals surface area contributed by atoms with Gasteiger partial charge in [0.15, 0.2) is 0 Å². The molecular formula is C10H14FIN2O2. The highest BCUT2D eigenvalue weighted by molar-refractivity contribution is 14.1. The van der Waals surface area contributed by atoms with E-state index in [0.29, 0.717) is 14.9 Å². The average molecular weight is 340 g/mol. The van der Waals surface area contributed by atoms with Crippen LogP contribution in [0.5, 0.6) is 0 Å². The Hall–Kier alpha value is -0.600. The molecule has 0 aliphatic heterocycles. The molecule has 0 aliphatic carbocycles. The molecule has 0 amide bonds. The molecule has 0 spiro atoms. The van der Waals surface area contributed by atoms with E-state index in [-0.39, 0.29) is 19.0 Å². The van der Waals surface area contributed by atoms with Gasteiger partial charge < -0.3 is 21.3 Å². The molecule has 0 saturated heterocycles. The summed E-state index contributed by atoms with van der Waals surface area (Å²) < 4.78 is 13.7. The van der Waals surface area contributed by atoms with Gasteiger partial charge in [0.05, 0.1) is 21.6 Å². The highest BCUT2D eigenvalue weighted by Gasteiger charge is 2.19. The third kappa shape index (κ3) is 3.46. The van der Waals surface area contributed by atoms with Crippen LogP contribution < -0.4 is 11.1 Å². The second kappa shape index (κ2) is 5.15. The van der Waals surface area contributed by atoms with E-state index in [1.54, 1.807) is 0 Å². The van der Waals surface area contributed by atoms with E-state index in [0.717, 1.165) is 0 Å². The largest absolute Gasteiger partial charge is 0.397 e. The van der Waals surface area contributed by atoms with Gasteiger partial charge in [0.1, 0.15) is 11.4 Å². The molecule has 0 aromatic heterocycles. The molecule has 0 bridgehead atoms. The van der Waals surface area contributed by atoms with Crippen molar-refractivity contribution in [3.63, 3.8) is 0 Å². The fraction of sp³-hybridized carbons (Fsp3) is 0.400. The molecule has 0 aliphatic rings. The Morgan fingerprint density at radius 1 is 1.56 bits per heavy atom. The second-order valence-corrected chi connectivity index (χ2v) is 5.02.